The Morgan fingerprint density at radius 2 is 2.10 bits per heavy atom. The number of benzene rings is 2. The normalized spacial score (nSPS) is 10.8. The Labute approximate surface area is 122 Å². The first-order chi connectivity index (χ1) is 10.0. The molecule has 0 saturated carbocycles. The number of hydrogen-bond donors (Lipinski definition) is 1. The molecule has 0 aliphatic heterocycles. The molecule has 0 radical (unpaired) electrons. The molecule has 0 aliphatic rings. The quantitative estimate of drug-likeness (QED) is 0.850. The van der Waals surface area contributed by atoms with E-state index < -0.39 is 5.97 Å². The molecular weight excluding hydrogens is 271 g/mol. The van der Waals surface area contributed by atoms with E-state index in [4.69, 9.17) is 9.84 Å². The first kappa shape index (κ1) is 14.8. The number of rotatable bonds is 5. The molecule has 0 heterocycles. The van der Waals surface area contributed by atoms with Crippen molar-refractivity contribution in [1.82, 2.24) is 0 Å². The van der Waals surface area contributed by atoms with Gasteiger partial charge in [0.2, 0.25) is 0 Å². The minimum atomic E-state index is -0.987. The highest BCUT2D eigenvalue weighted by atomic mass is 19.1. The fraction of sp³-hybridized carbons (Fsp3) is 0.118. The number of ether oxygens (including phenoxy) is 1. The van der Waals surface area contributed by atoms with Crippen LogP contribution in [-0.4, -0.2) is 11.1 Å². The molecule has 2 aromatic carbocycles. The monoisotopic (exact) mass is 286 g/mol. The van der Waals surface area contributed by atoms with Crippen molar-refractivity contribution >= 4 is 12.0 Å². The summed E-state index contributed by atoms with van der Waals surface area (Å²) in [4.78, 5) is 10.5. The molecular formula is C17H15FO3. The number of hydrogen-bond acceptors (Lipinski definition) is 2. The van der Waals surface area contributed by atoms with Gasteiger partial charge in [-0.25, -0.2) is 9.18 Å². The van der Waals surface area contributed by atoms with E-state index in [1.807, 2.05) is 24.3 Å². The lowest BCUT2D eigenvalue weighted by molar-refractivity contribution is -0.131. The van der Waals surface area contributed by atoms with E-state index in [9.17, 15) is 9.18 Å². The van der Waals surface area contributed by atoms with Crippen LogP contribution in [0.15, 0.2) is 48.5 Å². The molecule has 0 atom stereocenters. The molecule has 0 saturated heterocycles. The predicted octanol–water partition coefficient (Wildman–Crippen LogP) is 3.81. The highest BCUT2D eigenvalue weighted by Crippen LogP contribution is 2.20. The van der Waals surface area contributed by atoms with Crippen molar-refractivity contribution in [3.05, 3.63) is 71.0 Å². The zero-order valence-corrected chi connectivity index (χ0v) is 11.5. The van der Waals surface area contributed by atoms with Crippen LogP contribution < -0.4 is 4.74 Å². The van der Waals surface area contributed by atoms with E-state index in [1.165, 1.54) is 18.2 Å². The molecule has 21 heavy (non-hydrogen) atoms. The Bertz CT molecular complexity index is 677. The second-order valence-electron chi connectivity index (χ2n) is 4.62. The third-order valence-electron chi connectivity index (χ3n) is 2.90. The van der Waals surface area contributed by atoms with E-state index in [0.717, 1.165) is 22.8 Å². The molecule has 0 spiro atoms. The summed E-state index contributed by atoms with van der Waals surface area (Å²) in [6.45, 7) is 2.12. The van der Waals surface area contributed by atoms with E-state index in [1.54, 1.807) is 13.0 Å². The largest absolute Gasteiger partial charge is 0.489 e. The van der Waals surface area contributed by atoms with Gasteiger partial charge < -0.3 is 9.84 Å². The Morgan fingerprint density at radius 3 is 2.81 bits per heavy atom. The van der Waals surface area contributed by atoms with Crippen molar-refractivity contribution < 1.29 is 19.0 Å². The van der Waals surface area contributed by atoms with Crippen molar-refractivity contribution in [1.29, 1.82) is 0 Å². The summed E-state index contributed by atoms with van der Waals surface area (Å²) in [6, 6.07) is 11.7. The Balaban J connectivity index is 2.06. The van der Waals surface area contributed by atoms with Crippen LogP contribution in [0.25, 0.3) is 6.08 Å². The summed E-state index contributed by atoms with van der Waals surface area (Å²) in [5.74, 6) is -0.651. The lowest BCUT2D eigenvalue weighted by Crippen LogP contribution is -1.97. The molecule has 1 N–H and O–H groups in total. The summed E-state index contributed by atoms with van der Waals surface area (Å²) < 4.78 is 18.7. The highest BCUT2D eigenvalue weighted by molar-refractivity contribution is 5.85. The van der Waals surface area contributed by atoms with Crippen molar-refractivity contribution in [2.24, 2.45) is 0 Å². The summed E-state index contributed by atoms with van der Waals surface area (Å²) >= 11 is 0. The van der Waals surface area contributed by atoms with E-state index in [2.05, 4.69) is 0 Å². The molecule has 4 heteroatoms. The second kappa shape index (κ2) is 6.70. The first-order valence-electron chi connectivity index (χ1n) is 6.43. The van der Waals surface area contributed by atoms with Gasteiger partial charge >= 0.3 is 5.97 Å². The van der Waals surface area contributed by atoms with Crippen LogP contribution in [0.5, 0.6) is 5.75 Å². The van der Waals surface area contributed by atoms with Gasteiger partial charge in [-0.3, -0.25) is 0 Å². The molecule has 2 rings (SSSR count). The average Bonchev–Trinajstić information content (AvgIpc) is 2.45. The number of aryl methyl sites for hydroxylation is 1. The van der Waals surface area contributed by atoms with Gasteiger partial charge in [0.1, 0.15) is 18.2 Å². The van der Waals surface area contributed by atoms with Crippen molar-refractivity contribution in [3.63, 3.8) is 0 Å². The fourth-order valence-electron chi connectivity index (χ4n) is 1.89. The first-order valence-corrected chi connectivity index (χ1v) is 6.43. The van der Waals surface area contributed by atoms with Crippen LogP contribution >= 0.6 is 0 Å². The Kier molecular flexibility index (Phi) is 4.72. The summed E-state index contributed by atoms with van der Waals surface area (Å²) in [6.07, 6.45) is 2.61. The van der Waals surface area contributed by atoms with Gasteiger partial charge in [0.25, 0.3) is 0 Å². The van der Waals surface area contributed by atoms with Crippen molar-refractivity contribution in [2.45, 2.75) is 13.5 Å². The maximum absolute atomic E-state index is 13.0. The topological polar surface area (TPSA) is 46.5 Å². The zero-order valence-electron chi connectivity index (χ0n) is 11.5. The average molecular weight is 286 g/mol. The Hall–Kier alpha value is -2.62. The minimum absolute atomic E-state index is 0.291. The van der Waals surface area contributed by atoms with E-state index >= 15 is 0 Å². The van der Waals surface area contributed by atoms with Gasteiger partial charge in [-0.05, 0) is 54.0 Å². The van der Waals surface area contributed by atoms with Crippen molar-refractivity contribution in [2.75, 3.05) is 0 Å². The lowest BCUT2D eigenvalue weighted by atomic mass is 10.1. The van der Waals surface area contributed by atoms with E-state index in [0.29, 0.717) is 12.4 Å². The maximum atomic E-state index is 13.0. The second-order valence-corrected chi connectivity index (χ2v) is 4.62. The summed E-state index contributed by atoms with van der Waals surface area (Å²) in [5, 5.41) is 8.61. The van der Waals surface area contributed by atoms with Gasteiger partial charge in [-0.15, -0.1) is 0 Å². The molecule has 2 aromatic rings. The van der Waals surface area contributed by atoms with Crippen LogP contribution in [-0.2, 0) is 11.4 Å². The molecule has 3 nitrogen and oxygen atoms in total. The van der Waals surface area contributed by atoms with Crippen LogP contribution in [0.3, 0.4) is 0 Å². The smallest absolute Gasteiger partial charge is 0.328 e. The van der Waals surface area contributed by atoms with Crippen LogP contribution in [0.1, 0.15) is 16.7 Å². The van der Waals surface area contributed by atoms with Gasteiger partial charge in [0.15, 0.2) is 0 Å². The minimum Gasteiger partial charge on any atom is -0.489 e. The third-order valence-corrected chi connectivity index (χ3v) is 2.90. The number of carboxylic acid groups (broad SMARTS) is 1. The third kappa shape index (κ3) is 4.45. The van der Waals surface area contributed by atoms with Crippen LogP contribution in [0.2, 0.25) is 0 Å². The lowest BCUT2D eigenvalue weighted by Gasteiger charge is -2.09. The number of aliphatic carboxylic acids is 1. The summed E-state index contributed by atoms with van der Waals surface area (Å²) in [7, 11) is 0. The van der Waals surface area contributed by atoms with Crippen molar-refractivity contribution in [3.8, 4) is 5.75 Å². The molecule has 0 amide bonds. The molecule has 0 aliphatic carbocycles. The zero-order chi connectivity index (χ0) is 15.2. The van der Waals surface area contributed by atoms with Gasteiger partial charge in [-0.1, -0.05) is 18.2 Å². The maximum Gasteiger partial charge on any atom is 0.328 e. The molecule has 0 unspecified atom stereocenters. The highest BCUT2D eigenvalue weighted by Gasteiger charge is 2.02. The standard InChI is InChI=1S/C17H15FO3/c1-12-9-15(18)6-7-16(12)21-11-14-4-2-3-13(10-14)5-8-17(19)20/h2-10H,11H2,1H3,(H,19,20)/b8-5+. The fourth-order valence-corrected chi connectivity index (χ4v) is 1.89. The van der Waals surface area contributed by atoms with E-state index in [-0.39, 0.29) is 5.82 Å². The molecule has 108 valence electrons. The molecule has 0 fully saturated rings. The summed E-state index contributed by atoms with van der Waals surface area (Å²) in [5.41, 5.74) is 2.43. The van der Waals surface area contributed by atoms with Gasteiger partial charge in [0.05, 0.1) is 0 Å². The SMILES string of the molecule is Cc1cc(F)ccc1OCc1cccc(/C=C/C(=O)O)c1. The molecule has 0 aromatic heterocycles. The number of carbonyl (C=O) groups is 1. The van der Waals surface area contributed by atoms with Gasteiger partial charge in [-0.2, -0.15) is 0 Å². The predicted molar refractivity (Wildman–Crippen MR) is 78.6 cm³/mol. The van der Waals surface area contributed by atoms with Crippen LogP contribution in [0, 0.1) is 12.7 Å². The number of carboxylic acids is 1. The van der Waals surface area contributed by atoms with Crippen LogP contribution in [0.4, 0.5) is 4.39 Å². The Morgan fingerprint density at radius 1 is 1.29 bits per heavy atom. The molecule has 0 bridgehead atoms. The van der Waals surface area contributed by atoms with Gasteiger partial charge in [0, 0.05) is 6.08 Å². The number of halogens is 1.